The van der Waals surface area contributed by atoms with Crippen LogP contribution in [-0.4, -0.2) is 57.4 Å². The highest BCUT2D eigenvalue weighted by Gasteiger charge is 2.16. The first-order valence-electron chi connectivity index (χ1n) is 11.0. The van der Waals surface area contributed by atoms with Crippen LogP contribution < -0.4 is 15.9 Å². The largest absolute Gasteiger partial charge is 0.488 e. The number of hydrazine groups is 1. The second-order valence-corrected chi connectivity index (χ2v) is 8.20. The molecular weight excluding hydrogens is 431 g/mol. The maximum Gasteiger partial charge on any atom is 0.488 e. The molecule has 0 unspecified atom stereocenters. The lowest BCUT2D eigenvalue weighted by atomic mass is 9.80. The zero-order valence-corrected chi connectivity index (χ0v) is 19.3. The zero-order valence-electron chi connectivity index (χ0n) is 19.3. The number of anilines is 1. The monoisotopic (exact) mass is 460 g/mol. The molecule has 0 bridgehead atoms. The number of nitrogens with zero attached hydrogens (tertiary/aromatic N) is 5. The summed E-state index contributed by atoms with van der Waals surface area (Å²) in [5, 5.41) is 26.6. The molecule has 0 aliphatic heterocycles. The van der Waals surface area contributed by atoms with Crippen molar-refractivity contribution in [2.24, 2.45) is 11.0 Å². The van der Waals surface area contributed by atoms with E-state index in [-0.39, 0.29) is 18.4 Å². The predicted octanol–water partition coefficient (Wildman–Crippen LogP) is 1.19. The van der Waals surface area contributed by atoms with Crippen LogP contribution in [-0.2, 0) is 11.3 Å². The van der Waals surface area contributed by atoms with Crippen molar-refractivity contribution in [1.29, 1.82) is 0 Å². The van der Waals surface area contributed by atoms with Gasteiger partial charge in [-0.2, -0.15) is 5.10 Å². The summed E-state index contributed by atoms with van der Waals surface area (Å²) in [6, 6.07) is 16.5. The highest BCUT2D eigenvalue weighted by molar-refractivity contribution is 6.58. The predicted molar refractivity (Wildman–Crippen MR) is 133 cm³/mol. The smallest absolute Gasteiger partial charge is 0.423 e. The molecule has 1 aromatic heterocycles. The number of rotatable bonds is 11. The molecule has 0 radical (unpaired) electrons. The van der Waals surface area contributed by atoms with Crippen LogP contribution >= 0.6 is 0 Å². The molecule has 176 valence electrons. The second kappa shape index (κ2) is 12.5. The normalized spacial score (nSPS) is 11.0. The van der Waals surface area contributed by atoms with Crippen LogP contribution in [0.3, 0.4) is 0 Å². The molecule has 0 saturated carbocycles. The molecule has 0 spiro atoms. The average Bonchev–Trinajstić information content (AvgIpc) is 2.83. The Hall–Kier alpha value is -3.76. The molecule has 34 heavy (non-hydrogen) atoms. The van der Waals surface area contributed by atoms with Gasteiger partial charge in [0.25, 0.3) is 5.91 Å². The number of benzene rings is 2. The third-order valence-electron chi connectivity index (χ3n) is 4.75. The maximum absolute atomic E-state index is 13.0. The molecule has 0 saturated heterocycles. The SMILES string of the molecule is CC(C)CN(CC(=O)NN(Cc1ccccc1)c1cnccn1)/N=C/c1cccc(B(O)O)c1. The zero-order chi connectivity index (χ0) is 24.3. The van der Waals surface area contributed by atoms with E-state index < -0.39 is 7.12 Å². The van der Waals surface area contributed by atoms with E-state index in [1.54, 1.807) is 59.1 Å². The van der Waals surface area contributed by atoms with Crippen LogP contribution in [0.15, 0.2) is 78.3 Å². The van der Waals surface area contributed by atoms with Crippen molar-refractivity contribution in [1.82, 2.24) is 20.4 Å². The molecular formula is C24H29BN6O3. The van der Waals surface area contributed by atoms with Crippen molar-refractivity contribution in [3.05, 3.63) is 84.3 Å². The van der Waals surface area contributed by atoms with Gasteiger partial charge in [0.15, 0.2) is 5.82 Å². The molecule has 3 aromatic rings. The summed E-state index contributed by atoms with van der Waals surface area (Å²) in [5.41, 5.74) is 5.00. The molecule has 2 aromatic carbocycles. The van der Waals surface area contributed by atoms with Crippen molar-refractivity contribution in [3.8, 4) is 0 Å². The number of hydrazone groups is 1. The fourth-order valence-electron chi connectivity index (χ4n) is 3.25. The third kappa shape index (κ3) is 7.98. The molecule has 1 heterocycles. The Bertz CT molecular complexity index is 1070. The van der Waals surface area contributed by atoms with E-state index in [1.807, 2.05) is 44.2 Å². The lowest BCUT2D eigenvalue weighted by Gasteiger charge is -2.26. The molecule has 0 aliphatic rings. The summed E-state index contributed by atoms with van der Waals surface area (Å²) in [7, 11) is -1.55. The van der Waals surface area contributed by atoms with Crippen LogP contribution in [0, 0.1) is 5.92 Å². The van der Waals surface area contributed by atoms with E-state index in [4.69, 9.17) is 0 Å². The van der Waals surface area contributed by atoms with Gasteiger partial charge in [-0.15, -0.1) is 0 Å². The quantitative estimate of drug-likeness (QED) is 0.224. The number of carbonyl (C=O) groups excluding carboxylic acids is 1. The molecule has 3 rings (SSSR count). The summed E-state index contributed by atoms with van der Waals surface area (Å²) >= 11 is 0. The van der Waals surface area contributed by atoms with Gasteiger partial charge < -0.3 is 10.0 Å². The van der Waals surface area contributed by atoms with E-state index in [0.717, 1.165) is 5.56 Å². The minimum Gasteiger partial charge on any atom is -0.423 e. The fraction of sp³-hybridized carbons (Fsp3) is 0.250. The number of amides is 1. The average molecular weight is 460 g/mol. The number of nitrogens with one attached hydrogen (secondary N) is 1. The van der Waals surface area contributed by atoms with Crippen molar-refractivity contribution in [2.75, 3.05) is 18.1 Å². The highest BCUT2D eigenvalue weighted by atomic mass is 16.4. The van der Waals surface area contributed by atoms with Gasteiger partial charge in [0.05, 0.1) is 19.0 Å². The van der Waals surface area contributed by atoms with Crippen molar-refractivity contribution >= 4 is 30.5 Å². The lowest BCUT2D eigenvalue weighted by Crippen LogP contribution is -2.46. The molecule has 3 N–H and O–H groups in total. The maximum atomic E-state index is 13.0. The Balaban J connectivity index is 1.72. The van der Waals surface area contributed by atoms with E-state index in [0.29, 0.717) is 29.9 Å². The first kappa shape index (κ1) is 24.9. The van der Waals surface area contributed by atoms with Gasteiger partial charge in [0.2, 0.25) is 0 Å². The van der Waals surface area contributed by atoms with E-state index >= 15 is 0 Å². The van der Waals surface area contributed by atoms with Gasteiger partial charge in [0.1, 0.15) is 6.54 Å². The van der Waals surface area contributed by atoms with Crippen LogP contribution in [0.5, 0.6) is 0 Å². The minimum atomic E-state index is -1.55. The van der Waals surface area contributed by atoms with Gasteiger partial charge >= 0.3 is 7.12 Å². The summed E-state index contributed by atoms with van der Waals surface area (Å²) in [5.74, 6) is 0.549. The van der Waals surface area contributed by atoms with Gasteiger partial charge in [-0.1, -0.05) is 68.4 Å². The summed E-state index contributed by atoms with van der Waals surface area (Å²) in [6.45, 7) is 5.11. The van der Waals surface area contributed by atoms with Gasteiger partial charge in [-0.05, 0) is 22.5 Å². The lowest BCUT2D eigenvalue weighted by molar-refractivity contribution is -0.122. The Morgan fingerprint density at radius 1 is 1.15 bits per heavy atom. The highest BCUT2D eigenvalue weighted by Crippen LogP contribution is 2.11. The third-order valence-corrected chi connectivity index (χ3v) is 4.75. The van der Waals surface area contributed by atoms with Crippen molar-refractivity contribution < 1.29 is 14.8 Å². The Morgan fingerprint density at radius 3 is 2.62 bits per heavy atom. The Labute approximate surface area is 199 Å². The van der Waals surface area contributed by atoms with E-state index in [1.165, 1.54) is 0 Å². The fourth-order valence-corrected chi connectivity index (χ4v) is 3.25. The van der Waals surface area contributed by atoms with Gasteiger partial charge in [-0.3, -0.25) is 25.2 Å². The first-order valence-corrected chi connectivity index (χ1v) is 11.0. The molecule has 0 atom stereocenters. The Morgan fingerprint density at radius 2 is 1.94 bits per heavy atom. The van der Waals surface area contributed by atoms with E-state index in [2.05, 4.69) is 20.5 Å². The first-order chi connectivity index (χ1) is 16.4. The van der Waals surface area contributed by atoms with Crippen LogP contribution in [0.4, 0.5) is 5.82 Å². The number of hydrogen-bond donors (Lipinski definition) is 3. The molecule has 0 aliphatic carbocycles. The molecule has 1 amide bonds. The van der Waals surface area contributed by atoms with Gasteiger partial charge in [-0.25, -0.2) is 4.98 Å². The number of aromatic nitrogens is 2. The Kier molecular flexibility index (Phi) is 9.13. The topological polar surface area (TPSA) is 114 Å². The van der Waals surface area contributed by atoms with Gasteiger partial charge in [0, 0.05) is 18.9 Å². The van der Waals surface area contributed by atoms with Crippen LogP contribution in [0.25, 0.3) is 0 Å². The molecule has 0 fully saturated rings. The standard InChI is InChI=1S/C24H29BN6O3/c1-19(2)16-30(28-14-21-9-6-10-22(13-21)25(33)34)18-24(32)29-31(23-15-26-11-12-27-23)17-20-7-4-3-5-8-20/h3-15,19,33-34H,16-18H2,1-2H3,(H,29,32)/b28-14+. The van der Waals surface area contributed by atoms with Crippen molar-refractivity contribution in [3.63, 3.8) is 0 Å². The van der Waals surface area contributed by atoms with E-state index in [9.17, 15) is 14.8 Å². The molecule has 10 heteroatoms. The molecule has 9 nitrogen and oxygen atoms in total. The van der Waals surface area contributed by atoms with Crippen molar-refractivity contribution in [2.45, 2.75) is 20.4 Å². The summed E-state index contributed by atoms with van der Waals surface area (Å²) < 4.78 is 0. The van der Waals surface area contributed by atoms with Crippen LogP contribution in [0.1, 0.15) is 25.0 Å². The number of carbonyl (C=O) groups is 1. The second-order valence-electron chi connectivity index (χ2n) is 8.20. The summed E-state index contributed by atoms with van der Waals surface area (Å²) in [6.07, 6.45) is 6.35. The van der Waals surface area contributed by atoms with Crippen LogP contribution in [0.2, 0.25) is 0 Å². The summed E-state index contributed by atoms with van der Waals surface area (Å²) in [4.78, 5) is 21.4. The number of hydrogen-bond acceptors (Lipinski definition) is 8. The minimum absolute atomic E-state index is 0.0303.